The molecule has 0 radical (unpaired) electrons. The molecule has 1 aromatic carbocycles. The third kappa shape index (κ3) is 5.69. The van der Waals surface area contributed by atoms with E-state index >= 15 is 0 Å². The summed E-state index contributed by atoms with van der Waals surface area (Å²) >= 11 is 0. The topological polar surface area (TPSA) is 53.6 Å². The maximum atomic E-state index is 11.7. The van der Waals surface area contributed by atoms with E-state index in [0.29, 0.717) is 6.54 Å². The second kappa shape index (κ2) is 8.68. The fraction of sp³-hybridized carbons (Fsp3) is 0.533. The van der Waals surface area contributed by atoms with Crippen molar-refractivity contribution in [1.29, 1.82) is 0 Å². The first-order valence-electron chi connectivity index (χ1n) is 7.20. The molecule has 5 nitrogen and oxygen atoms in total. The average molecular weight is 277 g/mol. The Morgan fingerprint density at radius 1 is 1.20 bits per heavy atom. The van der Waals surface area contributed by atoms with Crippen molar-refractivity contribution in [1.82, 2.24) is 10.2 Å². The summed E-state index contributed by atoms with van der Waals surface area (Å²) in [5, 5.41) is 6.03. The molecule has 1 heterocycles. The number of amides is 1. The molecule has 0 atom stereocenters. The van der Waals surface area contributed by atoms with Crippen molar-refractivity contribution in [2.24, 2.45) is 0 Å². The van der Waals surface area contributed by atoms with Crippen molar-refractivity contribution < 1.29 is 9.53 Å². The molecular formula is C15H23N3O2. The van der Waals surface area contributed by atoms with Crippen molar-refractivity contribution >= 4 is 11.6 Å². The highest BCUT2D eigenvalue weighted by Crippen LogP contribution is 2.03. The largest absolute Gasteiger partial charge is 0.379 e. The van der Waals surface area contributed by atoms with Gasteiger partial charge >= 0.3 is 0 Å². The molecule has 110 valence electrons. The number of hydrogen-bond donors (Lipinski definition) is 2. The molecule has 0 spiro atoms. The summed E-state index contributed by atoms with van der Waals surface area (Å²) < 4.78 is 5.31. The molecule has 1 aromatic rings. The van der Waals surface area contributed by atoms with Crippen molar-refractivity contribution in [3.63, 3.8) is 0 Å². The summed E-state index contributed by atoms with van der Waals surface area (Å²) in [5.74, 6) is 0.00238. The Kier molecular flexibility index (Phi) is 6.50. The van der Waals surface area contributed by atoms with Gasteiger partial charge in [0.25, 0.3) is 0 Å². The monoisotopic (exact) mass is 277 g/mol. The van der Waals surface area contributed by atoms with Gasteiger partial charge in [-0.25, -0.2) is 0 Å². The van der Waals surface area contributed by atoms with Crippen LogP contribution in [0.1, 0.15) is 6.42 Å². The van der Waals surface area contributed by atoms with Gasteiger partial charge in [0.15, 0.2) is 0 Å². The molecule has 1 saturated heterocycles. The maximum absolute atomic E-state index is 11.7. The summed E-state index contributed by atoms with van der Waals surface area (Å²) in [6.07, 6.45) is 1.05. The SMILES string of the molecule is O=C(CNCCCN1CCOCC1)Nc1ccccc1. The van der Waals surface area contributed by atoms with E-state index in [1.807, 2.05) is 30.3 Å². The van der Waals surface area contributed by atoms with E-state index < -0.39 is 0 Å². The lowest BCUT2D eigenvalue weighted by molar-refractivity contribution is -0.115. The van der Waals surface area contributed by atoms with Gasteiger partial charge in [0.1, 0.15) is 0 Å². The number of morpholine rings is 1. The third-order valence-corrected chi connectivity index (χ3v) is 3.27. The number of para-hydroxylation sites is 1. The highest BCUT2D eigenvalue weighted by molar-refractivity contribution is 5.92. The lowest BCUT2D eigenvalue weighted by Gasteiger charge is -2.26. The van der Waals surface area contributed by atoms with Crippen molar-refractivity contribution in [3.8, 4) is 0 Å². The number of rotatable bonds is 7. The lowest BCUT2D eigenvalue weighted by Crippen LogP contribution is -2.38. The Bertz CT molecular complexity index is 391. The van der Waals surface area contributed by atoms with E-state index in [1.165, 1.54) is 0 Å². The van der Waals surface area contributed by atoms with Crippen molar-refractivity contribution in [2.75, 3.05) is 51.3 Å². The molecule has 0 bridgehead atoms. The number of nitrogens with one attached hydrogen (secondary N) is 2. The molecule has 1 aliphatic rings. The predicted octanol–water partition coefficient (Wildman–Crippen LogP) is 0.937. The van der Waals surface area contributed by atoms with E-state index in [2.05, 4.69) is 15.5 Å². The van der Waals surface area contributed by atoms with Crippen LogP contribution < -0.4 is 10.6 Å². The molecule has 5 heteroatoms. The quantitative estimate of drug-likeness (QED) is 0.728. The summed E-state index contributed by atoms with van der Waals surface area (Å²) in [7, 11) is 0. The zero-order chi connectivity index (χ0) is 14.0. The lowest BCUT2D eigenvalue weighted by atomic mass is 10.3. The van der Waals surface area contributed by atoms with E-state index in [-0.39, 0.29) is 5.91 Å². The first kappa shape index (κ1) is 15.0. The third-order valence-electron chi connectivity index (χ3n) is 3.27. The van der Waals surface area contributed by atoms with Gasteiger partial charge in [-0.3, -0.25) is 9.69 Å². The highest BCUT2D eigenvalue weighted by atomic mass is 16.5. The molecule has 2 rings (SSSR count). The van der Waals surface area contributed by atoms with Crippen LogP contribution in [0, 0.1) is 0 Å². The number of anilines is 1. The minimum atomic E-state index is 0.00238. The van der Waals surface area contributed by atoms with Gasteiger partial charge in [-0.05, 0) is 31.6 Å². The minimum Gasteiger partial charge on any atom is -0.379 e. The van der Waals surface area contributed by atoms with Crippen LogP contribution in [0.25, 0.3) is 0 Å². The van der Waals surface area contributed by atoms with Crippen LogP contribution in [-0.4, -0.2) is 56.7 Å². The fourth-order valence-corrected chi connectivity index (χ4v) is 2.18. The minimum absolute atomic E-state index is 0.00238. The molecule has 0 saturated carbocycles. The molecule has 20 heavy (non-hydrogen) atoms. The second-order valence-electron chi connectivity index (χ2n) is 4.90. The number of benzene rings is 1. The smallest absolute Gasteiger partial charge is 0.238 e. The molecular weight excluding hydrogens is 254 g/mol. The predicted molar refractivity (Wildman–Crippen MR) is 79.8 cm³/mol. The highest BCUT2D eigenvalue weighted by Gasteiger charge is 2.09. The average Bonchev–Trinajstić information content (AvgIpc) is 2.49. The Morgan fingerprint density at radius 3 is 2.70 bits per heavy atom. The Balaban J connectivity index is 1.51. The number of hydrogen-bond acceptors (Lipinski definition) is 4. The summed E-state index contributed by atoms with van der Waals surface area (Å²) in [6, 6.07) is 9.52. The normalized spacial score (nSPS) is 16.0. The maximum Gasteiger partial charge on any atom is 0.238 e. The van der Waals surface area contributed by atoms with Crippen LogP contribution in [0.3, 0.4) is 0 Å². The molecule has 1 aliphatic heterocycles. The van der Waals surface area contributed by atoms with Crippen LogP contribution >= 0.6 is 0 Å². The first-order chi connectivity index (χ1) is 9.84. The molecule has 0 unspecified atom stereocenters. The van der Waals surface area contributed by atoms with Gasteiger partial charge in [0, 0.05) is 18.8 Å². The second-order valence-corrected chi connectivity index (χ2v) is 4.90. The summed E-state index contributed by atoms with van der Waals surface area (Å²) in [6.45, 7) is 6.01. The van der Waals surface area contributed by atoms with Gasteiger partial charge < -0.3 is 15.4 Å². The van der Waals surface area contributed by atoms with E-state index in [0.717, 1.165) is 51.5 Å². The zero-order valence-corrected chi connectivity index (χ0v) is 11.8. The summed E-state index contributed by atoms with van der Waals surface area (Å²) in [5.41, 5.74) is 0.840. The van der Waals surface area contributed by atoms with E-state index in [9.17, 15) is 4.79 Å². The molecule has 0 aromatic heterocycles. The number of ether oxygens (including phenoxy) is 1. The molecule has 0 aliphatic carbocycles. The molecule has 2 N–H and O–H groups in total. The standard InChI is InChI=1S/C15H23N3O2/c19-15(17-14-5-2-1-3-6-14)13-16-7-4-8-18-9-11-20-12-10-18/h1-3,5-6,16H,4,7-13H2,(H,17,19). The van der Waals surface area contributed by atoms with Crippen LogP contribution in [0.4, 0.5) is 5.69 Å². The van der Waals surface area contributed by atoms with E-state index in [1.54, 1.807) is 0 Å². The fourth-order valence-electron chi connectivity index (χ4n) is 2.18. The van der Waals surface area contributed by atoms with Gasteiger partial charge in [0.05, 0.1) is 19.8 Å². The molecule has 1 amide bonds. The van der Waals surface area contributed by atoms with Crippen LogP contribution in [0.15, 0.2) is 30.3 Å². The van der Waals surface area contributed by atoms with Crippen molar-refractivity contribution in [2.45, 2.75) is 6.42 Å². The van der Waals surface area contributed by atoms with Crippen LogP contribution in [0.5, 0.6) is 0 Å². The number of nitrogens with zero attached hydrogens (tertiary/aromatic N) is 1. The van der Waals surface area contributed by atoms with E-state index in [4.69, 9.17) is 4.74 Å². The Hall–Kier alpha value is -1.43. The number of carbonyl (C=O) groups excluding carboxylic acids is 1. The van der Waals surface area contributed by atoms with Gasteiger partial charge in [0.2, 0.25) is 5.91 Å². The first-order valence-corrected chi connectivity index (χ1v) is 7.20. The van der Waals surface area contributed by atoms with Crippen LogP contribution in [0.2, 0.25) is 0 Å². The van der Waals surface area contributed by atoms with Crippen LogP contribution in [-0.2, 0) is 9.53 Å². The number of carbonyl (C=O) groups is 1. The Labute approximate surface area is 120 Å². The molecule has 1 fully saturated rings. The van der Waals surface area contributed by atoms with Gasteiger partial charge in [-0.15, -0.1) is 0 Å². The summed E-state index contributed by atoms with van der Waals surface area (Å²) in [4.78, 5) is 14.1. The Morgan fingerprint density at radius 2 is 1.95 bits per heavy atom. The van der Waals surface area contributed by atoms with Crippen molar-refractivity contribution in [3.05, 3.63) is 30.3 Å². The van der Waals surface area contributed by atoms with Gasteiger partial charge in [-0.2, -0.15) is 0 Å². The zero-order valence-electron chi connectivity index (χ0n) is 11.8. The van der Waals surface area contributed by atoms with Gasteiger partial charge in [-0.1, -0.05) is 18.2 Å².